The Hall–Kier alpha value is -2.73. The Morgan fingerprint density at radius 3 is 2.38 bits per heavy atom. The highest BCUT2D eigenvalue weighted by Crippen LogP contribution is 2.19. The van der Waals surface area contributed by atoms with Gasteiger partial charge in [0.1, 0.15) is 0 Å². The Balaban J connectivity index is 1.49. The van der Waals surface area contributed by atoms with E-state index in [0.717, 1.165) is 18.8 Å². The van der Waals surface area contributed by atoms with Gasteiger partial charge in [-0.15, -0.1) is 0 Å². The fourth-order valence-electron chi connectivity index (χ4n) is 2.87. The number of nitrogen functional groups attached to an aromatic ring is 1. The number of halogens is 1. The molecule has 6 nitrogen and oxygen atoms in total. The van der Waals surface area contributed by atoms with Gasteiger partial charge in [-0.25, -0.2) is 4.79 Å². The molecule has 3 rings (SSSR count). The molecule has 0 saturated carbocycles. The number of esters is 1. The number of nitrogens with two attached hydrogens (primary N) is 1. The Morgan fingerprint density at radius 1 is 1.04 bits per heavy atom. The van der Waals surface area contributed by atoms with E-state index in [9.17, 15) is 9.59 Å². The second kappa shape index (κ2) is 8.10. The third-order valence-electron chi connectivity index (χ3n) is 4.31. The summed E-state index contributed by atoms with van der Waals surface area (Å²) >= 11 is 5.81. The highest BCUT2D eigenvalue weighted by molar-refractivity contribution is 6.31. The lowest BCUT2D eigenvalue weighted by atomic mass is 10.2. The van der Waals surface area contributed by atoms with Crippen LogP contribution in [0.2, 0.25) is 5.02 Å². The molecule has 2 N–H and O–H groups in total. The number of benzene rings is 2. The lowest BCUT2D eigenvalue weighted by Gasteiger charge is -2.36. The van der Waals surface area contributed by atoms with E-state index in [0.29, 0.717) is 18.1 Å². The summed E-state index contributed by atoms with van der Waals surface area (Å²) in [4.78, 5) is 28.3. The van der Waals surface area contributed by atoms with E-state index in [1.807, 2.05) is 18.2 Å². The number of amides is 1. The highest BCUT2D eigenvalue weighted by atomic mass is 35.5. The Kier molecular flexibility index (Phi) is 5.63. The van der Waals surface area contributed by atoms with E-state index in [1.54, 1.807) is 11.0 Å². The molecule has 0 radical (unpaired) electrons. The first-order valence-electron chi connectivity index (χ1n) is 8.34. The van der Waals surface area contributed by atoms with Crippen molar-refractivity contribution < 1.29 is 14.3 Å². The zero-order chi connectivity index (χ0) is 18.5. The molecular formula is C19H20ClN3O3. The van der Waals surface area contributed by atoms with Crippen LogP contribution in [0.4, 0.5) is 11.4 Å². The van der Waals surface area contributed by atoms with E-state index < -0.39 is 5.97 Å². The molecule has 1 aliphatic heterocycles. The van der Waals surface area contributed by atoms with Gasteiger partial charge < -0.3 is 20.3 Å². The van der Waals surface area contributed by atoms with Crippen molar-refractivity contribution in [3.63, 3.8) is 0 Å². The van der Waals surface area contributed by atoms with Gasteiger partial charge in [-0.3, -0.25) is 4.79 Å². The fraction of sp³-hybridized carbons (Fsp3) is 0.263. The SMILES string of the molecule is Nc1cc(Cl)ccc1C(=O)OCC(=O)N1CCN(c2ccccc2)CC1. The molecule has 0 unspecified atom stereocenters. The average molecular weight is 374 g/mol. The maximum atomic E-state index is 12.3. The molecule has 2 aromatic carbocycles. The first kappa shape index (κ1) is 18.1. The number of piperazine rings is 1. The number of hydrogen-bond acceptors (Lipinski definition) is 5. The standard InChI is InChI=1S/C19H20ClN3O3/c20-14-6-7-16(17(21)12-14)19(25)26-13-18(24)23-10-8-22(9-11-23)15-4-2-1-3-5-15/h1-7,12H,8-11,13,21H2. The number of rotatable bonds is 4. The van der Waals surface area contributed by atoms with Crippen LogP contribution >= 0.6 is 11.6 Å². The Labute approximate surface area is 157 Å². The number of nitrogens with zero attached hydrogens (tertiary/aromatic N) is 2. The molecule has 1 aliphatic rings. The molecule has 0 spiro atoms. The molecule has 1 fully saturated rings. The average Bonchev–Trinajstić information content (AvgIpc) is 2.66. The van der Waals surface area contributed by atoms with Crippen molar-refractivity contribution in [2.45, 2.75) is 0 Å². The molecule has 0 bridgehead atoms. The molecule has 7 heteroatoms. The minimum absolute atomic E-state index is 0.205. The molecular weight excluding hydrogens is 354 g/mol. The molecule has 1 saturated heterocycles. The third kappa shape index (κ3) is 4.26. The van der Waals surface area contributed by atoms with Gasteiger partial charge in [0.05, 0.1) is 5.56 Å². The summed E-state index contributed by atoms with van der Waals surface area (Å²) in [6, 6.07) is 14.6. The number of hydrogen-bond donors (Lipinski definition) is 1. The van der Waals surface area contributed by atoms with Crippen molar-refractivity contribution in [2.24, 2.45) is 0 Å². The number of carbonyl (C=O) groups is 2. The van der Waals surface area contributed by atoms with Crippen molar-refractivity contribution in [1.82, 2.24) is 4.90 Å². The van der Waals surface area contributed by atoms with Gasteiger partial charge in [0, 0.05) is 42.6 Å². The predicted octanol–water partition coefficient (Wildman–Crippen LogP) is 2.43. The number of anilines is 2. The van der Waals surface area contributed by atoms with Gasteiger partial charge in [-0.2, -0.15) is 0 Å². The van der Waals surface area contributed by atoms with Crippen LogP contribution in [0.25, 0.3) is 0 Å². The minimum Gasteiger partial charge on any atom is -0.452 e. The first-order chi connectivity index (χ1) is 12.5. The third-order valence-corrected chi connectivity index (χ3v) is 4.55. The van der Waals surface area contributed by atoms with Gasteiger partial charge in [-0.05, 0) is 30.3 Å². The summed E-state index contributed by atoms with van der Waals surface area (Å²) in [6.45, 7) is 2.37. The van der Waals surface area contributed by atoms with E-state index in [2.05, 4.69) is 17.0 Å². The van der Waals surface area contributed by atoms with Crippen LogP contribution in [-0.4, -0.2) is 49.6 Å². The van der Waals surface area contributed by atoms with Crippen molar-refractivity contribution in [3.05, 3.63) is 59.1 Å². The number of carbonyl (C=O) groups excluding carboxylic acids is 2. The predicted molar refractivity (Wildman–Crippen MR) is 101 cm³/mol. The zero-order valence-electron chi connectivity index (χ0n) is 14.2. The monoisotopic (exact) mass is 373 g/mol. The van der Waals surface area contributed by atoms with Gasteiger partial charge in [0.2, 0.25) is 0 Å². The van der Waals surface area contributed by atoms with E-state index in [1.165, 1.54) is 12.1 Å². The van der Waals surface area contributed by atoms with Crippen molar-refractivity contribution in [3.8, 4) is 0 Å². The van der Waals surface area contributed by atoms with Crippen molar-refractivity contribution in [1.29, 1.82) is 0 Å². The molecule has 136 valence electrons. The largest absolute Gasteiger partial charge is 0.452 e. The topological polar surface area (TPSA) is 75.9 Å². The molecule has 0 aliphatic carbocycles. The van der Waals surface area contributed by atoms with Gasteiger partial charge in [0.15, 0.2) is 6.61 Å². The maximum absolute atomic E-state index is 12.3. The molecule has 2 aromatic rings. The molecule has 0 aromatic heterocycles. The summed E-state index contributed by atoms with van der Waals surface area (Å²) in [7, 11) is 0. The molecule has 0 atom stereocenters. The summed E-state index contributed by atoms with van der Waals surface area (Å²) in [6.07, 6.45) is 0. The van der Waals surface area contributed by atoms with Crippen LogP contribution in [0.5, 0.6) is 0 Å². The molecule has 1 heterocycles. The first-order valence-corrected chi connectivity index (χ1v) is 8.72. The van der Waals surface area contributed by atoms with Gasteiger partial charge in [-0.1, -0.05) is 29.8 Å². The maximum Gasteiger partial charge on any atom is 0.340 e. The van der Waals surface area contributed by atoms with Crippen LogP contribution in [0, 0.1) is 0 Å². The lowest BCUT2D eigenvalue weighted by Crippen LogP contribution is -2.49. The zero-order valence-corrected chi connectivity index (χ0v) is 15.0. The summed E-state index contributed by atoms with van der Waals surface area (Å²) in [5, 5.41) is 0.436. The van der Waals surface area contributed by atoms with Crippen LogP contribution in [-0.2, 0) is 9.53 Å². The smallest absolute Gasteiger partial charge is 0.340 e. The lowest BCUT2D eigenvalue weighted by molar-refractivity contribution is -0.134. The van der Waals surface area contributed by atoms with Gasteiger partial charge in [0.25, 0.3) is 5.91 Å². The normalized spacial score (nSPS) is 14.2. The van der Waals surface area contributed by atoms with Crippen LogP contribution in [0.3, 0.4) is 0 Å². The van der Waals surface area contributed by atoms with Crippen molar-refractivity contribution in [2.75, 3.05) is 43.4 Å². The Bertz CT molecular complexity index is 790. The van der Waals surface area contributed by atoms with E-state index in [4.69, 9.17) is 22.1 Å². The van der Waals surface area contributed by atoms with Crippen LogP contribution < -0.4 is 10.6 Å². The molecule has 26 heavy (non-hydrogen) atoms. The quantitative estimate of drug-likeness (QED) is 0.658. The number of para-hydroxylation sites is 1. The molecule has 1 amide bonds. The second-order valence-corrected chi connectivity index (χ2v) is 6.45. The number of ether oxygens (including phenoxy) is 1. The van der Waals surface area contributed by atoms with E-state index >= 15 is 0 Å². The minimum atomic E-state index is -0.629. The summed E-state index contributed by atoms with van der Waals surface area (Å²) in [5.41, 5.74) is 7.33. The fourth-order valence-corrected chi connectivity index (χ4v) is 3.05. The van der Waals surface area contributed by atoms with Crippen LogP contribution in [0.1, 0.15) is 10.4 Å². The van der Waals surface area contributed by atoms with E-state index in [-0.39, 0.29) is 23.8 Å². The summed E-state index contributed by atoms with van der Waals surface area (Å²) < 4.78 is 5.11. The van der Waals surface area contributed by atoms with Gasteiger partial charge >= 0.3 is 5.97 Å². The van der Waals surface area contributed by atoms with Crippen molar-refractivity contribution >= 4 is 34.9 Å². The second-order valence-electron chi connectivity index (χ2n) is 6.01. The summed E-state index contributed by atoms with van der Waals surface area (Å²) in [5.74, 6) is -0.839. The highest BCUT2D eigenvalue weighted by Gasteiger charge is 2.22. The Morgan fingerprint density at radius 2 is 1.73 bits per heavy atom. The van der Waals surface area contributed by atoms with Crippen LogP contribution in [0.15, 0.2) is 48.5 Å².